The second-order valence-corrected chi connectivity index (χ2v) is 9.80. The summed E-state index contributed by atoms with van der Waals surface area (Å²) in [5.41, 5.74) is 1.97. The Balaban J connectivity index is 1.89. The van der Waals surface area contributed by atoms with Crippen LogP contribution < -0.4 is 4.31 Å². The zero-order valence-corrected chi connectivity index (χ0v) is 18.2. The Hall–Kier alpha value is -2.42. The largest absolute Gasteiger partial charge is 0.395 e. The highest BCUT2D eigenvalue weighted by Gasteiger charge is 2.29. The number of aromatic amines is 1. The number of rotatable bonds is 8. The zero-order valence-electron chi connectivity index (χ0n) is 15.7. The molecule has 0 fully saturated rings. The van der Waals surface area contributed by atoms with Crippen LogP contribution in [0.5, 0.6) is 0 Å². The van der Waals surface area contributed by atoms with Gasteiger partial charge in [-0.25, -0.2) is 8.42 Å². The zero-order chi connectivity index (χ0) is 21.0. The SMILES string of the molecule is CC(CO)S(=O)(=O)N(Cc1ccc(C(=O)c2ccc(Br)cc2)[nH]1)c1ccccc1. The summed E-state index contributed by atoms with van der Waals surface area (Å²) in [5.74, 6) is -0.179. The van der Waals surface area contributed by atoms with E-state index in [9.17, 15) is 18.3 Å². The van der Waals surface area contributed by atoms with E-state index in [1.54, 1.807) is 66.7 Å². The molecule has 3 rings (SSSR count). The molecule has 3 aromatic rings. The van der Waals surface area contributed by atoms with Gasteiger partial charge in [0.15, 0.2) is 0 Å². The predicted octanol–water partition coefficient (Wildman–Crippen LogP) is 3.73. The summed E-state index contributed by atoms with van der Waals surface area (Å²) in [5, 5.41) is 8.44. The minimum Gasteiger partial charge on any atom is -0.395 e. The van der Waals surface area contributed by atoms with E-state index in [1.165, 1.54) is 11.2 Å². The molecule has 0 bridgehead atoms. The van der Waals surface area contributed by atoms with Crippen LogP contribution in [0, 0.1) is 0 Å². The van der Waals surface area contributed by atoms with Crippen molar-refractivity contribution >= 4 is 37.4 Å². The molecule has 0 amide bonds. The molecule has 0 radical (unpaired) electrons. The number of aliphatic hydroxyl groups excluding tert-OH is 1. The van der Waals surface area contributed by atoms with Gasteiger partial charge in [-0.05, 0) is 55.5 Å². The second-order valence-electron chi connectivity index (χ2n) is 6.61. The van der Waals surface area contributed by atoms with Gasteiger partial charge in [-0.15, -0.1) is 0 Å². The number of carbonyl (C=O) groups is 1. The lowest BCUT2D eigenvalue weighted by atomic mass is 10.1. The number of H-pyrrole nitrogens is 1. The summed E-state index contributed by atoms with van der Waals surface area (Å²) >= 11 is 3.34. The van der Waals surface area contributed by atoms with Crippen molar-refractivity contribution in [2.45, 2.75) is 18.7 Å². The molecule has 1 atom stereocenters. The molecule has 0 aliphatic carbocycles. The fraction of sp³-hybridized carbons (Fsp3) is 0.190. The van der Waals surface area contributed by atoms with Crippen LogP contribution in [0.15, 0.2) is 71.2 Å². The number of sulfonamides is 1. The minimum absolute atomic E-state index is 0.0182. The first-order valence-electron chi connectivity index (χ1n) is 8.98. The van der Waals surface area contributed by atoms with E-state index in [-0.39, 0.29) is 12.3 Å². The molecule has 29 heavy (non-hydrogen) atoms. The molecule has 8 heteroatoms. The van der Waals surface area contributed by atoms with Gasteiger partial charge in [-0.3, -0.25) is 9.10 Å². The molecular formula is C21H21BrN2O4S. The van der Waals surface area contributed by atoms with Gasteiger partial charge < -0.3 is 10.1 Å². The van der Waals surface area contributed by atoms with Crippen LogP contribution in [0.4, 0.5) is 5.69 Å². The standard InChI is InChI=1S/C21H21BrN2O4S/c1-15(14-25)29(27,28)24(19-5-3-2-4-6-19)13-18-11-12-20(23-18)21(26)16-7-9-17(22)10-8-16/h2-12,15,23,25H,13-14H2,1H3. The Labute approximate surface area is 178 Å². The highest BCUT2D eigenvalue weighted by Crippen LogP contribution is 2.24. The van der Waals surface area contributed by atoms with Crippen molar-refractivity contribution in [1.82, 2.24) is 4.98 Å². The second kappa shape index (κ2) is 8.94. The van der Waals surface area contributed by atoms with Gasteiger partial charge in [0.2, 0.25) is 15.8 Å². The van der Waals surface area contributed by atoms with Gasteiger partial charge in [0.05, 0.1) is 24.5 Å². The third kappa shape index (κ3) is 4.77. The van der Waals surface area contributed by atoms with Crippen molar-refractivity contribution in [3.8, 4) is 0 Å². The van der Waals surface area contributed by atoms with Crippen LogP contribution in [0.25, 0.3) is 0 Å². The van der Waals surface area contributed by atoms with Crippen LogP contribution in [-0.4, -0.2) is 36.1 Å². The number of nitrogens with one attached hydrogen (secondary N) is 1. The Morgan fingerprint density at radius 3 is 2.34 bits per heavy atom. The topological polar surface area (TPSA) is 90.5 Å². The van der Waals surface area contributed by atoms with E-state index in [1.807, 2.05) is 0 Å². The van der Waals surface area contributed by atoms with E-state index in [0.29, 0.717) is 22.6 Å². The Kier molecular flexibility index (Phi) is 6.56. The Bertz CT molecular complexity index is 1080. The molecule has 0 saturated heterocycles. The third-order valence-electron chi connectivity index (χ3n) is 4.53. The van der Waals surface area contributed by atoms with Crippen LogP contribution in [0.1, 0.15) is 28.7 Å². The third-order valence-corrected chi connectivity index (χ3v) is 7.18. The maximum absolute atomic E-state index is 12.9. The van der Waals surface area contributed by atoms with Crippen molar-refractivity contribution in [3.05, 3.63) is 88.2 Å². The monoisotopic (exact) mass is 476 g/mol. The quantitative estimate of drug-likeness (QED) is 0.484. The highest BCUT2D eigenvalue weighted by atomic mass is 79.9. The number of hydrogen-bond acceptors (Lipinski definition) is 4. The van der Waals surface area contributed by atoms with Gasteiger partial charge in [0.1, 0.15) is 5.25 Å². The number of para-hydroxylation sites is 1. The summed E-state index contributed by atoms with van der Waals surface area (Å²) in [7, 11) is -3.80. The minimum atomic E-state index is -3.80. The van der Waals surface area contributed by atoms with Crippen molar-refractivity contribution in [3.63, 3.8) is 0 Å². The summed E-state index contributed by atoms with van der Waals surface area (Å²) in [6.45, 7) is 0.996. The van der Waals surface area contributed by atoms with Crippen molar-refractivity contribution in [2.24, 2.45) is 0 Å². The van der Waals surface area contributed by atoms with Gasteiger partial charge in [0, 0.05) is 15.7 Å². The summed E-state index contributed by atoms with van der Waals surface area (Å²) in [4.78, 5) is 15.7. The molecule has 0 saturated carbocycles. The lowest BCUT2D eigenvalue weighted by Gasteiger charge is -2.26. The number of halogens is 1. The van der Waals surface area contributed by atoms with Crippen LogP contribution >= 0.6 is 15.9 Å². The predicted molar refractivity (Wildman–Crippen MR) is 116 cm³/mol. The van der Waals surface area contributed by atoms with E-state index in [4.69, 9.17) is 0 Å². The first-order valence-corrected chi connectivity index (χ1v) is 11.3. The van der Waals surface area contributed by atoms with Crippen LogP contribution in [-0.2, 0) is 16.6 Å². The molecule has 2 N–H and O–H groups in total. The first kappa shape index (κ1) is 21.3. The fourth-order valence-corrected chi connectivity index (χ4v) is 4.43. The number of anilines is 1. The molecular weight excluding hydrogens is 456 g/mol. The fourth-order valence-electron chi connectivity index (χ4n) is 2.81. The molecule has 0 spiro atoms. The molecule has 1 heterocycles. The number of nitrogens with zero attached hydrogens (tertiary/aromatic N) is 1. The lowest BCUT2D eigenvalue weighted by molar-refractivity contribution is 0.103. The van der Waals surface area contributed by atoms with E-state index in [2.05, 4.69) is 20.9 Å². The van der Waals surface area contributed by atoms with Crippen LogP contribution in [0.3, 0.4) is 0 Å². The average molecular weight is 477 g/mol. The molecule has 1 aromatic heterocycles. The number of benzene rings is 2. The number of hydrogen-bond donors (Lipinski definition) is 2. The van der Waals surface area contributed by atoms with Crippen LogP contribution in [0.2, 0.25) is 0 Å². The Morgan fingerprint density at radius 1 is 1.07 bits per heavy atom. The molecule has 6 nitrogen and oxygen atoms in total. The van der Waals surface area contributed by atoms with Crippen molar-refractivity contribution in [2.75, 3.05) is 10.9 Å². The highest BCUT2D eigenvalue weighted by molar-refractivity contribution is 9.10. The van der Waals surface area contributed by atoms with Gasteiger partial charge >= 0.3 is 0 Å². The maximum Gasteiger partial charge on any atom is 0.240 e. The normalized spacial score (nSPS) is 12.5. The van der Waals surface area contributed by atoms with Gasteiger partial charge in [-0.2, -0.15) is 0 Å². The Morgan fingerprint density at radius 2 is 1.72 bits per heavy atom. The van der Waals surface area contributed by atoms with E-state index < -0.39 is 21.9 Å². The maximum atomic E-state index is 12.9. The summed E-state index contributed by atoms with van der Waals surface area (Å²) < 4.78 is 28.0. The summed E-state index contributed by atoms with van der Waals surface area (Å²) in [6, 6.07) is 19.0. The number of aromatic nitrogens is 1. The summed E-state index contributed by atoms with van der Waals surface area (Å²) in [6.07, 6.45) is 0. The smallest absolute Gasteiger partial charge is 0.240 e. The molecule has 1 unspecified atom stereocenters. The number of ketones is 1. The van der Waals surface area contributed by atoms with Gasteiger partial charge in [-0.1, -0.05) is 34.1 Å². The lowest BCUT2D eigenvalue weighted by Crippen LogP contribution is -2.39. The molecule has 0 aliphatic heterocycles. The number of aliphatic hydroxyl groups is 1. The van der Waals surface area contributed by atoms with E-state index >= 15 is 0 Å². The average Bonchev–Trinajstić information content (AvgIpc) is 3.20. The van der Waals surface area contributed by atoms with Crippen molar-refractivity contribution in [1.29, 1.82) is 0 Å². The molecule has 152 valence electrons. The van der Waals surface area contributed by atoms with Crippen molar-refractivity contribution < 1.29 is 18.3 Å². The molecule has 2 aromatic carbocycles. The first-order chi connectivity index (χ1) is 13.8. The van der Waals surface area contributed by atoms with Gasteiger partial charge in [0.25, 0.3) is 0 Å². The number of carbonyl (C=O) groups excluding carboxylic acids is 1. The van der Waals surface area contributed by atoms with E-state index in [0.717, 1.165) is 4.47 Å². The molecule has 0 aliphatic rings.